The molecule has 2 fully saturated rings. The molecular weight excluding hydrogens is 412 g/mol. The summed E-state index contributed by atoms with van der Waals surface area (Å²) in [6, 6.07) is 16.1. The number of alkyl carbamates (subject to hydrolysis) is 1. The molecule has 0 spiro atoms. The van der Waals surface area contributed by atoms with Crippen LogP contribution in [0, 0.1) is 5.92 Å². The van der Waals surface area contributed by atoms with E-state index in [1.807, 2.05) is 36.4 Å². The number of nitrogens with one attached hydrogen (secondary N) is 1. The van der Waals surface area contributed by atoms with Crippen LogP contribution in [0.4, 0.5) is 4.79 Å². The molecule has 5 rings (SSSR count). The Morgan fingerprint density at radius 2 is 1.75 bits per heavy atom. The molecule has 2 aromatic carbocycles. The zero-order chi connectivity index (χ0) is 22.3. The van der Waals surface area contributed by atoms with Crippen LogP contribution in [0.25, 0.3) is 11.1 Å². The second-order valence-electron chi connectivity index (χ2n) is 8.48. The number of amides is 2. The third-order valence-electron chi connectivity index (χ3n) is 6.79. The van der Waals surface area contributed by atoms with Crippen LogP contribution in [0.2, 0.25) is 0 Å². The normalized spacial score (nSPS) is 23.4. The van der Waals surface area contributed by atoms with Crippen LogP contribution in [0.5, 0.6) is 0 Å². The third kappa shape index (κ3) is 3.31. The van der Waals surface area contributed by atoms with Crippen molar-refractivity contribution in [3.63, 3.8) is 0 Å². The van der Waals surface area contributed by atoms with E-state index in [1.54, 1.807) is 0 Å². The summed E-state index contributed by atoms with van der Waals surface area (Å²) in [6.07, 6.45) is -0.0700. The molecule has 166 valence electrons. The monoisotopic (exact) mass is 436 g/mol. The number of ether oxygens (including phenoxy) is 2. The van der Waals surface area contributed by atoms with Crippen LogP contribution in [0.3, 0.4) is 0 Å². The highest BCUT2D eigenvalue weighted by molar-refractivity contribution is 5.86. The van der Waals surface area contributed by atoms with E-state index < -0.39 is 17.7 Å². The number of rotatable bonds is 5. The predicted octanol–water partition coefficient (Wildman–Crippen LogP) is 2.23. The number of hydrogen-bond donors (Lipinski definition) is 2. The molecule has 32 heavy (non-hydrogen) atoms. The fourth-order valence-electron chi connectivity index (χ4n) is 5.16. The number of carbonyl (C=O) groups excluding carboxylic acids is 2. The molecule has 2 unspecified atom stereocenters. The molecule has 0 radical (unpaired) electrons. The Kier molecular flexibility index (Phi) is 5.09. The van der Waals surface area contributed by atoms with Crippen molar-refractivity contribution in [1.82, 2.24) is 10.2 Å². The summed E-state index contributed by atoms with van der Waals surface area (Å²) in [7, 11) is 0. The van der Waals surface area contributed by atoms with Gasteiger partial charge in [0.2, 0.25) is 5.91 Å². The number of hydrogen-bond acceptors (Lipinski definition) is 5. The van der Waals surface area contributed by atoms with E-state index in [1.165, 1.54) is 4.90 Å². The molecule has 2 saturated heterocycles. The van der Waals surface area contributed by atoms with E-state index in [9.17, 15) is 19.5 Å². The van der Waals surface area contributed by atoms with Crippen molar-refractivity contribution in [2.75, 3.05) is 32.8 Å². The second-order valence-corrected chi connectivity index (χ2v) is 8.48. The largest absolute Gasteiger partial charge is 0.479 e. The first-order valence-electron chi connectivity index (χ1n) is 10.7. The summed E-state index contributed by atoms with van der Waals surface area (Å²) in [5, 5.41) is 12.1. The lowest BCUT2D eigenvalue weighted by atomic mass is 9.91. The van der Waals surface area contributed by atoms with E-state index in [2.05, 4.69) is 17.4 Å². The van der Waals surface area contributed by atoms with Crippen molar-refractivity contribution >= 4 is 18.0 Å². The van der Waals surface area contributed by atoms with Crippen LogP contribution in [0.15, 0.2) is 48.5 Å². The highest BCUT2D eigenvalue weighted by atomic mass is 16.5. The average molecular weight is 436 g/mol. The van der Waals surface area contributed by atoms with Gasteiger partial charge in [0.05, 0.1) is 6.54 Å². The number of fused-ring (bicyclic) bond motifs is 4. The van der Waals surface area contributed by atoms with Gasteiger partial charge in [0.25, 0.3) is 0 Å². The Hall–Kier alpha value is -3.39. The smallest absolute Gasteiger partial charge is 0.407 e. The standard InChI is InChI=1S/C24H24N2O6/c27-21(26-12-15-9-10-32-24(15,14-26)22(28)29)11-25-23(30)31-13-20-18-7-3-1-5-16(18)17-6-2-4-8-19(17)20/h1-8,15,20H,9-14H2,(H,25,30)(H,28,29). The van der Waals surface area contributed by atoms with Gasteiger partial charge in [-0.15, -0.1) is 0 Å². The van der Waals surface area contributed by atoms with E-state index >= 15 is 0 Å². The topological polar surface area (TPSA) is 105 Å². The summed E-state index contributed by atoms with van der Waals surface area (Å²) in [4.78, 5) is 37.9. The zero-order valence-corrected chi connectivity index (χ0v) is 17.5. The fourth-order valence-corrected chi connectivity index (χ4v) is 5.16. The van der Waals surface area contributed by atoms with Gasteiger partial charge in [0.1, 0.15) is 13.2 Å². The van der Waals surface area contributed by atoms with E-state index in [-0.39, 0.29) is 37.4 Å². The van der Waals surface area contributed by atoms with Crippen LogP contribution in [-0.4, -0.2) is 66.4 Å². The number of likely N-dealkylation sites (tertiary alicyclic amines) is 1. The van der Waals surface area contributed by atoms with Gasteiger partial charge in [-0.05, 0) is 28.7 Å². The number of benzene rings is 2. The van der Waals surface area contributed by atoms with E-state index in [0.29, 0.717) is 19.6 Å². The van der Waals surface area contributed by atoms with Gasteiger partial charge in [-0.2, -0.15) is 0 Å². The lowest BCUT2D eigenvalue weighted by Gasteiger charge is -2.23. The maximum atomic E-state index is 12.5. The van der Waals surface area contributed by atoms with Crippen molar-refractivity contribution in [2.45, 2.75) is 17.9 Å². The van der Waals surface area contributed by atoms with Crippen molar-refractivity contribution in [3.8, 4) is 11.1 Å². The summed E-state index contributed by atoms with van der Waals surface area (Å²) in [6.45, 7) is 0.613. The highest BCUT2D eigenvalue weighted by Gasteiger charge is 2.57. The number of carboxylic acids is 1. The molecule has 0 saturated carbocycles. The minimum atomic E-state index is -1.32. The molecular formula is C24H24N2O6. The number of aliphatic carboxylic acids is 1. The van der Waals surface area contributed by atoms with Crippen LogP contribution in [0.1, 0.15) is 23.5 Å². The van der Waals surface area contributed by atoms with Gasteiger partial charge in [0.15, 0.2) is 5.60 Å². The van der Waals surface area contributed by atoms with Crippen molar-refractivity contribution < 1.29 is 29.0 Å². The predicted molar refractivity (Wildman–Crippen MR) is 114 cm³/mol. The van der Waals surface area contributed by atoms with E-state index in [4.69, 9.17) is 9.47 Å². The van der Waals surface area contributed by atoms with Crippen LogP contribution >= 0.6 is 0 Å². The molecule has 3 aliphatic rings. The van der Waals surface area contributed by atoms with Gasteiger partial charge in [-0.3, -0.25) is 4.79 Å². The molecule has 2 amide bonds. The molecule has 0 bridgehead atoms. The number of nitrogens with zero attached hydrogens (tertiary/aromatic N) is 1. The van der Waals surface area contributed by atoms with Crippen molar-refractivity contribution in [1.29, 1.82) is 0 Å². The van der Waals surface area contributed by atoms with Crippen molar-refractivity contribution in [2.24, 2.45) is 5.92 Å². The Morgan fingerprint density at radius 3 is 2.38 bits per heavy atom. The zero-order valence-electron chi connectivity index (χ0n) is 17.5. The maximum absolute atomic E-state index is 12.5. The lowest BCUT2D eigenvalue weighted by molar-refractivity contribution is -0.161. The minimum absolute atomic E-state index is 0.00178. The SMILES string of the molecule is O=C(NCC(=O)N1CC2CCOC2(C(=O)O)C1)OCC1c2ccccc2-c2ccccc21. The Morgan fingerprint density at radius 1 is 1.09 bits per heavy atom. The van der Waals surface area contributed by atoms with Crippen molar-refractivity contribution in [3.05, 3.63) is 59.7 Å². The first-order chi connectivity index (χ1) is 15.5. The van der Waals surface area contributed by atoms with Gasteiger partial charge in [-0.25, -0.2) is 9.59 Å². The second kappa shape index (κ2) is 7.94. The fraction of sp³-hybridized carbons (Fsp3) is 0.375. The molecule has 8 heteroatoms. The molecule has 0 aromatic heterocycles. The highest BCUT2D eigenvalue weighted by Crippen LogP contribution is 2.44. The van der Waals surface area contributed by atoms with Gasteiger partial charge < -0.3 is 24.8 Å². The van der Waals surface area contributed by atoms with Crippen LogP contribution < -0.4 is 5.32 Å². The molecule has 2 aromatic rings. The first-order valence-corrected chi connectivity index (χ1v) is 10.7. The van der Waals surface area contributed by atoms with Crippen LogP contribution in [-0.2, 0) is 19.1 Å². The number of carboxylic acid groups (broad SMARTS) is 1. The molecule has 2 aliphatic heterocycles. The molecule has 2 N–H and O–H groups in total. The summed E-state index contributed by atoms with van der Waals surface area (Å²) >= 11 is 0. The Bertz CT molecular complexity index is 1040. The first kappa shape index (κ1) is 20.5. The van der Waals surface area contributed by atoms with Gasteiger partial charge in [-0.1, -0.05) is 48.5 Å². The Labute approximate surface area is 185 Å². The molecule has 8 nitrogen and oxygen atoms in total. The molecule has 2 heterocycles. The summed E-state index contributed by atoms with van der Waals surface area (Å²) in [5.41, 5.74) is 3.18. The van der Waals surface area contributed by atoms with Gasteiger partial charge in [0, 0.05) is 25.0 Å². The molecule has 1 aliphatic carbocycles. The summed E-state index contributed by atoms with van der Waals surface area (Å²) in [5.74, 6) is -1.68. The minimum Gasteiger partial charge on any atom is -0.479 e. The average Bonchev–Trinajstić information content (AvgIpc) is 3.46. The maximum Gasteiger partial charge on any atom is 0.407 e. The van der Waals surface area contributed by atoms with E-state index in [0.717, 1.165) is 22.3 Å². The number of carbonyl (C=O) groups is 3. The quantitative estimate of drug-likeness (QED) is 0.745. The molecule has 2 atom stereocenters. The Balaban J connectivity index is 1.16. The van der Waals surface area contributed by atoms with Gasteiger partial charge >= 0.3 is 12.1 Å². The lowest BCUT2D eigenvalue weighted by Crippen LogP contribution is -2.47. The third-order valence-corrected chi connectivity index (χ3v) is 6.79. The summed E-state index contributed by atoms with van der Waals surface area (Å²) < 4.78 is 10.9.